The second-order valence-electron chi connectivity index (χ2n) is 7.68. The third kappa shape index (κ3) is 4.40. The molecule has 0 aliphatic carbocycles. The minimum Gasteiger partial charge on any atom is -0.462 e. The van der Waals surface area contributed by atoms with E-state index in [1.165, 1.54) is 44.8 Å². The molecule has 2 aliphatic heterocycles. The number of benzene rings is 1. The van der Waals surface area contributed by atoms with Crippen molar-refractivity contribution in [2.75, 3.05) is 6.61 Å². The van der Waals surface area contributed by atoms with Gasteiger partial charge >= 0.3 is 5.97 Å². The number of fused-ring (bicyclic) bond motifs is 2. The van der Waals surface area contributed by atoms with Crippen molar-refractivity contribution in [1.29, 1.82) is 0 Å². The van der Waals surface area contributed by atoms with Crippen molar-refractivity contribution < 1.29 is 9.53 Å². The Hall–Kier alpha value is -1.25. The fourth-order valence-electron chi connectivity index (χ4n) is 4.79. The van der Waals surface area contributed by atoms with E-state index in [0.717, 1.165) is 24.8 Å². The number of ether oxygens (including phenoxy) is 1. The Labute approximate surface area is 141 Å². The van der Waals surface area contributed by atoms with Crippen LogP contribution in [-0.4, -0.2) is 19.3 Å². The van der Waals surface area contributed by atoms with Gasteiger partial charge < -0.3 is 4.74 Å². The first-order chi connectivity index (χ1) is 11.2. The van der Waals surface area contributed by atoms with Crippen LogP contribution in [0.4, 0.5) is 0 Å². The number of esters is 1. The fourth-order valence-corrected chi connectivity index (χ4v) is 4.79. The molecule has 1 atom stereocenters. The maximum absolute atomic E-state index is 12.0. The molecular weight excluding hydrogens is 283 g/mol. The summed E-state index contributed by atoms with van der Waals surface area (Å²) in [6, 6.07) is 9.30. The van der Waals surface area contributed by atoms with Gasteiger partial charge in [-0.05, 0) is 24.5 Å². The van der Waals surface area contributed by atoms with E-state index in [1.807, 2.05) is 30.3 Å². The van der Waals surface area contributed by atoms with E-state index in [2.05, 4.69) is 6.92 Å². The van der Waals surface area contributed by atoms with Crippen molar-refractivity contribution in [2.24, 2.45) is 5.92 Å². The van der Waals surface area contributed by atoms with Crippen LogP contribution in [0.1, 0.15) is 62.2 Å². The van der Waals surface area contributed by atoms with E-state index in [4.69, 9.17) is 4.74 Å². The molecule has 3 rings (SSSR count). The summed E-state index contributed by atoms with van der Waals surface area (Å²) in [6.07, 6.45) is 11.1. The van der Waals surface area contributed by atoms with Crippen LogP contribution in [-0.2, 0) is 4.74 Å². The van der Waals surface area contributed by atoms with Crippen molar-refractivity contribution >= 4 is 12.7 Å². The predicted molar refractivity (Wildman–Crippen MR) is 96.3 cm³/mol. The van der Waals surface area contributed by atoms with Crippen LogP contribution in [0.15, 0.2) is 30.3 Å². The van der Waals surface area contributed by atoms with Crippen LogP contribution < -0.4 is 0 Å². The minimum atomic E-state index is -0.188. The van der Waals surface area contributed by atoms with E-state index < -0.39 is 0 Å². The maximum atomic E-state index is 12.0. The standard InChI is InChI=1S/C20H29BO2/c1-16(13-14-23-20(22)17-7-3-2-4-8-17)15-21-18-9-5-10-19(21)12-6-11-18/h2-4,7-8,16,18-19H,5-6,9-15H2,1H3. The molecule has 0 radical (unpaired) electrons. The first-order valence-electron chi connectivity index (χ1n) is 9.46. The van der Waals surface area contributed by atoms with Gasteiger partial charge in [0.05, 0.1) is 12.2 Å². The monoisotopic (exact) mass is 312 g/mol. The van der Waals surface area contributed by atoms with Crippen molar-refractivity contribution in [3.63, 3.8) is 0 Å². The third-order valence-electron chi connectivity index (χ3n) is 6.04. The molecule has 1 aromatic rings. The molecule has 1 unspecified atom stereocenters. The summed E-state index contributed by atoms with van der Waals surface area (Å²) in [5.41, 5.74) is 0.655. The first kappa shape index (κ1) is 16.6. The molecule has 0 aromatic heterocycles. The van der Waals surface area contributed by atoms with Gasteiger partial charge in [-0.25, -0.2) is 4.79 Å². The Morgan fingerprint density at radius 3 is 2.35 bits per heavy atom. The van der Waals surface area contributed by atoms with Crippen molar-refractivity contribution in [3.8, 4) is 0 Å². The smallest absolute Gasteiger partial charge is 0.338 e. The maximum Gasteiger partial charge on any atom is 0.338 e. The Morgan fingerprint density at radius 1 is 1.13 bits per heavy atom. The third-order valence-corrected chi connectivity index (χ3v) is 6.04. The Bertz CT molecular complexity index is 480. The van der Waals surface area contributed by atoms with Crippen LogP contribution in [0, 0.1) is 5.92 Å². The van der Waals surface area contributed by atoms with E-state index in [9.17, 15) is 4.79 Å². The van der Waals surface area contributed by atoms with Crippen LogP contribution in [0.5, 0.6) is 0 Å². The molecule has 0 spiro atoms. The molecule has 0 saturated carbocycles. The summed E-state index contributed by atoms with van der Waals surface area (Å²) in [5, 5.41) is 0. The highest BCUT2D eigenvalue weighted by Gasteiger charge is 2.39. The zero-order chi connectivity index (χ0) is 16.1. The normalized spacial score (nSPS) is 25.0. The molecule has 124 valence electrons. The fraction of sp³-hybridized carbons (Fsp3) is 0.650. The predicted octanol–water partition coefficient (Wildman–Crippen LogP) is 5.47. The van der Waals surface area contributed by atoms with Gasteiger partial charge in [0.25, 0.3) is 0 Å². The molecule has 23 heavy (non-hydrogen) atoms. The van der Waals surface area contributed by atoms with Crippen LogP contribution in [0.3, 0.4) is 0 Å². The van der Waals surface area contributed by atoms with Gasteiger partial charge in [-0.1, -0.05) is 81.6 Å². The minimum absolute atomic E-state index is 0.188. The number of hydrogen-bond donors (Lipinski definition) is 0. The largest absolute Gasteiger partial charge is 0.462 e. The summed E-state index contributed by atoms with van der Waals surface area (Å²) >= 11 is 0. The molecule has 1 aromatic carbocycles. The topological polar surface area (TPSA) is 26.3 Å². The van der Waals surface area contributed by atoms with Crippen molar-refractivity contribution in [1.82, 2.24) is 0 Å². The molecule has 2 fully saturated rings. The van der Waals surface area contributed by atoms with Crippen LogP contribution >= 0.6 is 0 Å². The average Bonchev–Trinajstić information content (AvgIpc) is 2.55. The second kappa shape index (κ2) is 8.03. The lowest BCUT2D eigenvalue weighted by Crippen LogP contribution is -2.35. The van der Waals surface area contributed by atoms with Gasteiger partial charge in [0.1, 0.15) is 6.71 Å². The van der Waals surface area contributed by atoms with Crippen molar-refractivity contribution in [3.05, 3.63) is 35.9 Å². The zero-order valence-electron chi connectivity index (χ0n) is 14.4. The van der Waals surface area contributed by atoms with E-state index >= 15 is 0 Å². The van der Waals surface area contributed by atoms with Gasteiger partial charge in [0.2, 0.25) is 0 Å². The zero-order valence-corrected chi connectivity index (χ0v) is 14.4. The summed E-state index contributed by atoms with van der Waals surface area (Å²) in [7, 11) is 0. The molecule has 0 amide bonds. The number of hydrogen-bond acceptors (Lipinski definition) is 2. The Kier molecular flexibility index (Phi) is 5.80. The van der Waals surface area contributed by atoms with Gasteiger partial charge in [-0.15, -0.1) is 0 Å². The Balaban J connectivity index is 1.41. The second-order valence-corrected chi connectivity index (χ2v) is 7.68. The van der Waals surface area contributed by atoms with Gasteiger partial charge in [-0.3, -0.25) is 0 Å². The first-order valence-corrected chi connectivity index (χ1v) is 9.46. The van der Waals surface area contributed by atoms with Gasteiger partial charge in [-0.2, -0.15) is 0 Å². The average molecular weight is 312 g/mol. The molecule has 3 heteroatoms. The van der Waals surface area contributed by atoms with Crippen LogP contribution in [0.2, 0.25) is 18.0 Å². The molecule has 2 aliphatic rings. The summed E-state index contributed by atoms with van der Waals surface area (Å²) in [4.78, 5) is 12.0. The van der Waals surface area contributed by atoms with Crippen LogP contribution in [0.25, 0.3) is 0 Å². The highest BCUT2D eigenvalue weighted by atomic mass is 16.5. The molecule has 2 heterocycles. The number of carbonyl (C=O) groups is 1. The van der Waals surface area contributed by atoms with Crippen molar-refractivity contribution in [2.45, 2.75) is 69.8 Å². The molecule has 0 N–H and O–H groups in total. The highest BCUT2D eigenvalue weighted by molar-refractivity contribution is 6.62. The summed E-state index contributed by atoms with van der Waals surface area (Å²) in [5.74, 6) is 2.44. The summed E-state index contributed by atoms with van der Waals surface area (Å²) in [6.45, 7) is 3.83. The molecular formula is C20H29BO2. The van der Waals surface area contributed by atoms with Gasteiger partial charge in [0.15, 0.2) is 0 Å². The van der Waals surface area contributed by atoms with E-state index in [0.29, 0.717) is 18.1 Å². The lowest BCUT2D eigenvalue weighted by Gasteiger charge is -2.41. The molecule has 2 bridgehead atoms. The van der Waals surface area contributed by atoms with E-state index in [-0.39, 0.29) is 5.97 Å². The van der Waals surface area contributed by atoms with Gasteiger partial charge in [0, 0.05) is 0 Å². The number of rotatable bonds is 6. The lowest BCUT2D eigenvalue weighted by molar-refractivity contribution is 0.0488. The lowest BCUT2D eigenvalue weighted by atomic mass is 9.25. The SMILES string of the molecule is CC(CCOC(=O)c1ccccc1)CB1C2CCCC1CCC2. The number of carbonyl (C=O) groups excluding carboxylic acids is 1. The quantitative estimate of drug-likeness (QED) is 0.514. The Morgan fingerprint density at radius 2 is 1.74 bits per heavy atom. The molecule has 2 nitrogen and oxygen atoms in total. The highest BCUT2D eigenvalue weighted by Crippen LogP contribution is 2.48. The molecule has 2 saturated heterocycles. The summed E-state index contributed by atoms with van der Waals surface area (Å²) < 4.78 is 5.44. The van der Waals surface area contributed by atoms with E-state index in [1.54, 1.807) is 0 Å².